The third kappa shape index (κ3) is 4.06. The summed E-state index contributed by atoms with van der Waals surface area (Å²) in [5.41, 5.74) is 6.66. The molecule has 3 aromatic rings. The predicted molar refractivity (Wildman–Crippen MR) is 106 cm³/mol. The van der Waals surface area contributed by atoms with Gasteiger partial charge in [-0.1, -0.05) is 0 Å². The van der Waals surface area contributed by atoms with E-state index in [9.17, 15) is 8.42 Å². The van der Waals surface area contributed by atoms with Gasteiger partial charge in [0.15, 0.2) is 0 Å². The summed E-state index contributed by atoms with van der Waals surface area (Å²) in [6.07, 6.45) is 5.41. The number of hydrogen-bond donors (Lipinski definition) is 4. The standard InChI is InChI=1S/C17H22N8O2S/c18-11-1-3-12(4-2-11)22-15-9-16(25-17(24-15)20-10-21-25)23-13-5-7-14(8-6-13)28(19,26)27/h5-12,23H,1-4,18H2,(H2,19,26,27)(H,20,21,22,24). The molecule has 2 aromatic heterocycles. The molecule has 6 N–H and O–H groups in total. The minimum atomic E-state index is -3.73. The summed E-state index contributed by atoms with van der Waals surface area (Å²) in [7, 11) is -3.73. The average molecular weight is 402 g/mol. The summed E-state index contributed by atoms with van der Waals surface area (Å²) in [6.45, 7) is 0. The first-order chi connectivity index (χ1) is 13.4. The van der Waals surface area contributed by atoms with Gasteiger partial charge in [-0.15, -0.1) is 0 Å². The highest BCUT2D eigenvalue weighted by molar-refractivity contribution is 7.89. The minimum absolute atomic E-state index is 0.0524. The van der Waals surface area contributed by atoms with Crippen molar-refractivity contribution in [2.75, 3.05) is 10.6 Å². The molecule has 1 aromatic carbocycles. The van der Waals surface area contributed by atoms with Gasteiger partial charge in [-0.25, -0.2) is 13.6 Å². The fraction of sp³-hybridized carbons (Fsp3) is 0.353. The molecule has 0 spiro atoms. The normalized spacial score (nSPS) is 20.2. The number of benzene rings is 1. The topological polar surface area (TPSA) is 153 Å². The van der Waals surface area contributed by atoms with Crippen molar-refractivity contribution in [1.29, 1.82) is 0 Å². The number of aromatic nitrogens is 4. The number of anilines is 3. The van der Waals surface area contributed by atoms with E-state index in [4.69, 9.17) is 10.9 Å². The molecule has 1 saturated carbocycles. The number of nitrogens with one attached hydrogen (secondary N) is 2. The Morgan fingerprint density at radius 2 is 1.82 bits per heavy atom. The van der Waals surface area contributed by atoms with E-state index in [1.165, 1.54) is 18.5 Å². The van der Waals surface area contributed by atoms with Gasteiger partial charge in [-0.05, 0) is 49.9 Å². The molecule has 0 aliphatic heterocycles. The first-order valence-corrected chi connectivity index (χ1v) is 10.6. The Bertz CT molecular complexity index is 1070. The van der Waals surface area contributed by atoms with Gasteiger partial charge in [0.1, 0.15) is 18.0 Å². The van der Waals surface area contributed by atoms with Gasteiger partial charge in [0.05, 0.1) is 4.90 Å². The van der Waals surface area contributed by atoms with E-state index in [-0.39, 0.29) is 10.9 Å². The van der Waals surface area contributed by atoms with Crippen LogP contribution in [0.25, 0.3) is 5.78 Å². The highest BCUT2D eigenvalue weighted by Crippen LogP contribution is 2.24. The zero-order valence-electron chi connectivity index (χ0n) is 15.1. The van der Waals surface area contributed by atoms with Crippen LogP contribution in [0.3, 0.4) is 0 Å². The number of sulfonamides is 1. The van der Waals surface area contributed by atoms with Crippen LogP contribution in [-0.2, 0) is 10.0 Å². The van der Waals surface area contributed by atoms with Gasteiger partial charge in [0.25, 0.3) is 5.78 Å². The maximum absolute atomic E-state index is 11.4. The molecule has 0 unspecified atom stereocenters. The summed E-state index contributed by atoms with van der Waals surface area (Å²) in [4.78, 5) is 8.74. The van der Waals surface area contributed by atoms with Crippen LogP contribution in [0.4, 0.5) is 17.3 Å². The second kappa shape index (κ2) is 7.34. The van der Waals surface area contributed by atoms with Crippen molar-refractivity contribution in [3.8, 4) is 0 Å². The number of fused-ring (bicyclic) bond motifs is 1. The van der Waals surface area contributed by atoms with Crippen LogP contribution in [0.2, 0.25) is 0 Å². The fourth-order valence-electron chi connectivity index (χ4n) is 3.32. The molecule has 0 radical (unpaired) electrons. The fourth-order valence-corrected chi connectivity index (χ4v) is 3.84. The molecule has 0 bridgehead atoms. The summed E-state index contributed by atoms with van der Waals surface area (Å²) in [5, 5.41) is 16.0. The average Bonchev–Trinajstić information content (AvgIpc) is 3.12. The van der Waals surface area contributed by atoms with Gasteiger partial charge < -0.3 is 16.4 Å². The molecule has 11 heteroatoms. The van der Waals surface area contributed by atoms with Crippen LogP contribution < -0.4 is 21.5 Å². The van der Waals surface area contributed by atoms with Crippen LogP contribution in [0.1, 0.15) is 25.7 Å². The van der Waals surface area contributed by atoms with Crippen molar-refractivity contribution in [2.24, 2.45) is 10.9 Å². The lowest BCUT2D eigenvalue weighted by Crippen LogP contribution is -2.33. The lowest BCUT2D eigenvalue weighted by atomic mass is 9.92. The van der Waals surface area contributed by atoms with Gasteiger partial charge >= 0.3 is 0 Å². The molecule has 1 fully saturated rings. The first-order valence-electron chi connectivity index (χ1n) is 9.01. The van der Waals surface area contributed by atoms with E-state index in [0.29, 0.717) is 29.1 Å². The molecule has 0 amide bonds. The van der Waals surface area contributed by atoms with E-state index >= 15 is 0 Å². The highest BCUT2D eigenvalue weighted by atomic mass is 32.2. The van der Waals surface area contributed by atoms with Crippen molar-refractivity contribution in [3.63, 3.8) is 0 Å². The third-order valence-electron chi connectivity index (χ3n) is 4.83. The van der Waals surface area contributed by atoms with Gasteiger partial charge in [-0.3, -0.25) is 0 Å². The van der Waals surface area contributed by atoms with Gasteiger partial charge in [0, 0.05) is 23.8 Å². The predicted octanol–water partition coefficient (Wildman–Crippen LogP) is 1.20. The van der Waals surface area contributed by atoms with E-state index in [0.717, 1.165) is 25.7 Å². The van der Waals surface area contributed by atoms with Crippen molar-refractivity contribution in [2.45, 2.75) is 42.7 Å². The first kappa shape index (κ1) is 18.6. The molecule has 0 saturated heterocycles. The Kier molecular flexibility index (Phi) is 4.87. The monoisotopic (exact) mass is 402 g/mol. The molecule has 1 aliphatic rings. The molecular weight excluding hydrogens is 380 g/mol. The molecule has 148 valence electrons. The zero-order valence-corrected chi connectivity index (χ0v) is 15.9. The Hall–Kier alpha value is -2.76. The van der Waals surface area contributed by atoms with Crippen molar-refractivity contribution in [3.05, 3.63) is 36.7 Å². The summed E-state index contributed by atoms with van der Waals surface area (Å²) in [6, 6.07) is 8.62. The quantitative estimate of drug-likeness (QED) is 0.496. The van der Waals surface area contributed by atoms with Crippen LogP contribution >= 0.6 is 0 Å². The van der Waals surface area contributed by atoms with Crippen LogP contribution in [0.5, 0.6) is 0 Å². The van der Waals surface area contributed by atoms with Crippen LogP contribution in [0, 0.1) is 0 Å². The van der Waals surface area contributed by atoms with E-state index < -0.39 is 10.0 Å². The van der Waals surface area contributed by atoms with E-state index in [1.54, 1.807) is 16.6 Å². The number of primary sulfonamides is 1. The zero-order chi connectivity index (χ0) is 19.7. The maximum atomic E-state index is 11.4. The number of nitrogens with two attached hydrogens (primary N) is 2. The molecule has 2 heterocycles. The van der Waals surface area contributed by atoms with Gasteiger partial charge in [0.2, 0.25) is 10.0 Å². The van der Waals surface area contributed by atoms with Crippen molar-refractivity contribution < 1.29 is 8.42 Å². The molecule has 10 nitrogen and oxygen atoms in total. The number of rotatable bonds is 5. The van der Waals surface area contributed by atoms with Crippen LogP contribution in [0.15, 0.2) is 41.6 Å². The molecular formula is C17H22N8O2S. The Morgan fingerprint density at radius 3 is 2.50 bits per heavy atom. The number of nitrogens with zero attached hydrogens (tertiary/aromatic N) is 4. The highest BCUT2D eigenvalue weighted by Gasteiger charge is 2.19. The van der Waals surface area contributed by atoms with Crippen molar-refractivity contribution >= 4 is 33.1 Å². The van der Waals surface area contributed by atoms with Crippen molar-refractivity contribution in [1.82, 2.24) is 19.6 Å². The minimum Gasteiger partial charge on any atom is -0.367 e. The second-order valence-electron chi connectivity index (χ2n) is 6.95. The Balaban J connectivity index is 1.58. The Labute approximate surface area is 162 Å². The lowest BCUT2D eigenvalue weighted by Gasteiger charge is -2.27. The number of hydrogen-bond acceptors (Lipinski definition) is 8. The smallest absolute Gasteiger partial charge is 0.256 e. The molecule has 0 atom stereocenters. The summed E-state index contributed by atoms with van der Waals surface area (Å²) >= 11 is 0. The van der Waals surface area contributed by atoms with Crippen LogP contribution in [-0.4, -0.2) is 40.1 Å². The van der Waals surface area contributed by atoms with E-state index in [1.807, 2.05) is 6.07 Å². The van der Waals surface area contributed by atoms with E-state index in [2.05, 4.69) is 25.7 Å². The maximum Gasteiger partial charge on any atom is 0.256 e. The summed E-state index contributed by atoms with van der Waals surface area (Å²) < 4.78 is 24.4. The van der Waals surface area contributed by atoms with Gasteiger partial charge in [-0.2, -0.15) is 19.6 Å². The molecule has 28 heavy (non-hydrogen) atoms. The third-order valence-corrected chi connectivity index (χ3v) is 5.76. The molecule has 4 rings (SSSR count). The Morgan fingerprint density at radius 1 is 1.11 bits per heavy atom. The second-order valence-corrected chi connectivity index (χ2v) is 8.51. The molecule has 1 aliphatic carbocycles. The SMILES string of the molecule is NC1CCC(Nc2cc(Nc3ccc(S(N)(=O)=O)cc3)n3ncnc3n2)CC1. The summed E-state index contributed by atoms with van der Waals surface area (Å²) in [5.74, 6) is 1.81. The lowest BCUT2D eigenvalue weighted by molar-refractivity contribution is 0.410. The largest absolute Gasteiger partial charge is 0.367 e.